The van der Waals surface area contributed by atoms with Crippen LogP contribution in [0.25, 0.3) is 0 Å². The van der Waals surface area contributed by atoms with E-state index in [0.717, 1.165) is 42.2 Å². The molecule has 0 bridgehead atoms. The molecule has 11 nitrogen and oxygen atoms in total. The Balaban J connectivity index is 1.51. The van der Waals surface area contributed by atoms with Gasteiger partial charge in [-0.3, -0.25) is 25.0 Å². The van der Waals surface area contributed by atoms with Crippen molar-refractivity contribution < 1.29 is 31.7 Å². The quantitative estimate of drug-likeness (QED) is 0.249. The van der Waals surface area contributed by atoms with Crippen molar-refractivity contribution in [3.05, 3.63) is 93.7 Å². The van der Waals surface area contributed by atoms with Gasteiger partial charge < -0.3 is 9.73 Å². The van der Waals surface area contributed by atoms with Gasteiger partial charge in [0.15, 0.2) is 0 Å². The van der Waals surface area contributed by atoms with Crippen molar-refractivity contribution in [2.24, 2.45) is 0 Å². The fraction of sp³-hybridized carbons (Fsp3) is 0.250. The molecule has 0 aliphatic carbocycles. The number of hydrogen-bond donors (Lipinski definition) is 3. The molecule has 2 heterocycles. The van der Waals surface area contributed by atoms with Crippen LogP contribution in [0.2, 0.25) is 0 Å². The number of non-ortho nitro benzene ring substituents is 1. The van der Waals surface area contributed by atoms with Crippen molar-refractivity contribution in [2.75, 3.05) is 0 Å². The van der Waals surface area contributed by atoms with Gasteiger partial charge in [-0.2, -0.15) is 0 Å². The fourth-order valence-corrected chi connectivity index (χ4v) is 5.91. The number of nitro groups is 1. The number of nitrogens with zero attached hydrogens (tertiary/aromatic N) is 1. The first-order chi connectivity index (χ1) is 18.1. The molecule has 3 N–H and O–H groups in total. The van der Waals surface area contributed by atoms with Crippen LogP contribution in [0, 0.1) is 15.9 Å². The minimum absolute atomic E-state index is 0.250. The molecule has 2 amide bonds. The number of nitro benzene ring substituents is 1. The molecule has 14 heteroatoms. The van der Waals surface area contributed by atoms with Gasteiger partial charge in [-0.15, -0.1) is 11.8 Å². The van der Waals surface area contributed by atoms with Crippen molar-refractivity contribution in [1.82, 2.24) is 15.4 Å². The van der Waals surface area contributed by atoms with E-state index in [1.165, 1.54) is 23.9 Å². The second-order valence-electron chi connectivity index (χ2n) is 8.31. The molecule has 3 aromatic rings. The van der Waals surface area contributed by atoms with E-state index in [9.17, 15) is 32.5 Å². The topological polar surface area (TPSA) is 161 Å². The second kappa shape index (κ2) is 11.3. The van der Waals surface area contributed by atoms with E-state index in [1.54, 1.807) is 6.07 Å². The van der Waals surface area contributed by atoms with Crippen LogP contribution in [0.1, 0.15) is 30.0 Å². The summed E-state index contributed by atoms with van der Waals surface area (Å²) in [7, 11) is -4.40. The number of nitrogens with one attached hydrogen (secondary N) is 3. The van der Waals surface area contributed by atoms with Crippen molar-refractivity contribution >= 4 is 39.3 Å². The van der Waals surface area contributed by atoms with Gasteiger partial charge in [0, 0.05) is 25.0 Å². The van der Waals surface area contributed by atoms with E-state index in [2.05, 4.69) is 10.6 Å². The SMILES string of the molecule is CCc1ccc(CC2SC(NC(C(=O)NS(=O)(=O)c3ccc([N+](=O)[O-])cc3)c3ccc(F)cc3)NC2=O)o1. The van der Waals surface area contributed by atoms with Gasteiger partial charge in [-0.1, -0.05) is 19.1 Å². The van der Waals surface area contributed by atoms with Gasteiger partial charge in [-0.05, 0) is 42.0 Å². The summed E-state index contributed by atoms with van der Waals surface area (Å²) in [6, 6.07) is 11.2. The van der Waals surface area contributed by atoms with Crippen LogP contribution in [0.15, 0.2) is 70.0 Å². The molecule has 1 aliphatic heterocycles. The molecule has 2 aromatic carbocycles. The van der Waals surface area contributed by atoms with Crippen molar-refractivity contribution in [2.45, 2.75) is 41.5 Å². The number of rotatable bonds is 10. The first-order valence-electron chi connectivity index (χ1n) is 11.4. The average molecular weight is 563 g/mol. The van der Waals surface area contributed by atoms with Gasteiger partial charge >= 0.3 is 0 Å². The van der Waals surface area contributed by atoms with Crippen LogP contribution in [0.5, 0.6) is 0 Å². The zero-order chi connectivity index (χ0) is 27.4. The second-order valence-corrected chi connectivity index (χ2v) is 11.3. The molecule has 0 spiro atoms. The molecule has 3 unspecified atom stereocenters. The Bertz CT molecular complexity index is 1440. The lowest BCUT2D eigenvalue weighted by atomic mass is 10.1. The van der Waals surface area contributed by atoms with Gasteiger partial charge in [0.25, 0.3) is 21.6 Å². The molecule has 38 heavy (non-hydrogen) atoms. The Hall–Kier alpha value is -3.75. The van der Waals surface area contributed by atoms with E-state index in [0.29, 0.717) is 18.6 Å². The minimum Gasteiger partial charge on any atom is -0.466 e. The first kappa shape index (κ1) is 27.3. The third-order valence-electron chi connectivity index (χ3n) is 5.69. The van der Waals surface area contributed by atoms with E-state index in [4.69, 9.17) is 4.42 Å². The summed E-state index contributed by atoms with van der Waals surface area (Å²) in [5.74, 6) is -0.414. The number of carbonyl (C=O) groups excluding carboxylic acids is 2. The number of amides is 2. The largest absolute Gasteiger partial charge is 0.466 e. The maximum atomic E-state index is 13.5. The molecule has 4 rings (SSSR count). The molecule has 1 aliphatic rings. The van der Waals surface area contributed by atoms with Crippen LogP contribution in [-0.4, -0.2) is 35.9 Å². The number of sulfonamides is 1. The normalized spacial score (nSPS) is 18.1. The summed E-state index contributed by atoms with van der Waals surface area (Å²) >= 11 is 1.19. The maximum Gasteiger partial charge on any atom is 0.269 e. The zero-order valence-corrected chi connectivity index (χ0v) is 21.6. The highest BCUT2D eigenvalue weighted by Gasteiger charge is 2.37. The number of furan rings is 1. The van der Waals surface area contributed by atoms with Crippen LogP contribution >= 0.6 is 11.8 Å². The predicted octanol–water partition coefficient (Wildman–Crippen LogP) is 2.78. The molecular weight excluding hydrogens is 539 g/mol. The Morgan fingerprint density at radius 3 is 2.39 bits per heavy atom. The van der Waals surface area contributed by atoms with Crippen molar-refractivity contribution in [3.63, 3.8) is 0 Å². The number of carbonyl (C=O) groups is 2. The Labute approximate surface area is 221 Å². The van der Waals surface area contributed by atoms with E-state index in [-0.39, 0.29) is 22.1 Å². The highest BCUT2D eigenvalue weighted by molar-refractivity contribution is 8.01. The van der Waals surface area contributed by atoms with E-state index >= 15 is 0 Å². The number of aryl methyl sites for hydroxylation is 1. The van der Waals surface area contributed by atoms with E-state index in [1.807, 2.05) is 17.7 Å². The third kappa shape index (κ3) is 6.38. The number of benzene rings is 2. The Morgan fingerprint density at radius 2 is 1.79 bits per heavy atom. The molecule has 1 saturated heterocycles. The van der Waals surface area contributed by atoms with Gasteiger partial charge in [0.1, 0.15) is 28.9 Å². The third-order valence-corrected chi connectivity index (χ3v) is 8.29. The van der Waals surface area contributed by atoms with Gasteiger partial charge in [0.05, 0.1) is 15.1 Å². The summed E-state index contributed by atoms with van der Waals surface area (Å²) in [5, 5.41) is 16.0. The average Bonchev–Trinajstić information content (AvgIpc) is 3.48. The summed E-state index contributed by atoms with van der Waals surface area (Å²) in [6.07, 6.45) is 1.03. The molecular formula is C24H23FN4O7S2. The number of halogens is 1. The van der Waals surface area contributed by atoms with Crippen molar-refractivity contribution in [1.29, 1.82) is 0 Å². The smallest absolute Gasteiger partial charge is 0.269 e. The summed E-state index contributed by atoms with van der Waals surface area (Å²) in [4.78, 5) is 35.6. The fourth-order valence-electron chi connectivity index (χ4n) is 3.74. The maximum absolute atomic E-state index is 13.5. The van der Waals surface area contributed by atoms with Gasteiger partial charge in [0.2, 0.25) is 5.91 Å². The lowest BCUT2D eigenvalue weighted by molar-refractivity contribution is -0.384. The highest BCUT2D eigenvalue weighted by atomic mass is 32.2. The van der Waals surface area contributed by atoms with Crippen LogP contribution < -0.4 is 15.4 Å². The number of hydrogen-bond acceptors (Lipinski definition) is 9. The van der Waals surface area contributed by atoms with Gasteiger partial charge in [-0.25, -0.2) is 17.5 Å². The monoisotopic (exact) mass is 562 g/mol. The Morgan fingerprint density at radius 1 is 1.13 bits per heavy atom. The highest BCUT2D eigenvalue weighted by Crippen LogP contribution is 2.28. The molecule has 0 saturated carbocycles. The van der Waals surface area contributed by atoms with Crippen molar-refractivity contribution in [3.8, 4) is 0 Å². The molecule has 0 radical (unpaired) electrons. The molecule has 200 valence electrons. The summed E-state index contributed by atoms with van der Waals surface area (Å²) < 4.78 is 46.8. The first-order valence-corrected chi connectivity index (χ1v) is 13.8. The lowest BCUT2D eigenvalue weighted by Gasteiger charge is -2.22. The summed E-state index contributed by atoms with van der Waals surface area (Å²) in [5.41, 5.74) is -0.833. The predicted molar refractivity (Wildman–Crippen MR) is 136 cm³/mol. The Kier molecular flexibility index (Phi) is 8.14. The zero-order valence-electron chi connectivity index (χ0n) is 19.9. The standard InChI is InChI=1S/C24H23FN4O7S2/c1-2-17-9-10-18(36-17)13-20-22(30)27-24(37-20)26-21(14-3-5-15(25)6-4-14)23(31)28-38(34,35)19-11-7-16(8-12-19)29(32)33/h3-12,20-21,24,26H,2,13H2,1H3,(H,27,30)(H,28,31). The summed E-state index contributed by atoms with van der Waals surface area (Å²) in [6.45, 7) is 1.95. The van der Waals surface area contributed by atoms with E-state index < -0.39 is 43.5 Å². The molecule has 1 fully saturated rings. The van der Waals surface area contributed by atoms with Crippen LogP contribution in [0.4, 0.5) is 10.1 Å². The molecule has 1 aromatic heterocycles. The molecule has 3 atom stereocenters. The van der Waals surface area contributed by atoms with Crippen LogP contribution in [-0.2, 0) is 32.5 Å². The lowest BCUT2D eigenvalue weighted by Crippen LogP contribution is -2.47. The van der Waals surface area contributed by atoms with Crippen LogP contribution in [0.3, 0.4) is 0 Å². The minimum atomic E-state index is -4.40. The number of thioether (sulfide) groups is 1.